The van der Waals surface area contributed by atoms with Crippen molar-refractivity contribution in [2.45, 2.75) is 72.4 Å². The molecule has 21 heavy (non-hydrogen) atoms. The summed E-state index contributed by atoms with van der Waals surface area (Å²) in [6.45, 7) is 16.0. The van der Waals surface area contributed by atoms with Gasteiger partial charge >= 0.3 is 0 Å². The van der Waals surface area contributed by atoms with Crippen LogP contribution < -0.4 is 5.32 Å². The van der Waals surface area contributed by atoms with Gasteiger partial charge in [0.25, 0.3) is 0 Å². The highest BCUT2D eigenvalue weighted by Gasteiger charge is 2.35. The first-order valence-electron chi connectivity index (χ1n) is 8.86. The minimum absolute atomic E-state index is 0.499. The van der Waals surface area contributed by atoms with Gasteiger partial charge in [0.15, 0.2) is 0 Å². The third-order valence-electron chi connectivity index (χ3n) is 4.95. The molecule has 0 aromatic rings. The van der Waals surface area contributed by atoms with E-state index in [1.807, 2.05) is 0 Å². The summed E-state index contributed by atoms with van der Waals surface area (Å²) in [5.74, 6) is 0.763. The first-order chi connectivity index (χ1) is 9.89. The molecule has 3 nitrogen and oxygen atoms in total. The lowest BCUT2D eigenvalue weighted by Crippen LogP contribution is -2.49. The summed E-state index contributed by atoms with van der Waals surface area (Å²) in [6.07, 6.45) is 5.24. The Morgan fingerprint density at radius 2 is 2.05 bits per heavy atom. The predicted molar refractivity (Wildman–Crippen MR) is 91.8 cm³/mol. The van der Waals surface area contributed by atoms with Gasteiger partial charge in [0.05, 0.1) is 6.61 Å². The largest absolute Gasteiger partial charge is 0.383 e. The highest BCUT2D eigenvalue weighted by molar-refractivity contribution is 4.90. The maximum absolute atomic E-state index is 5.29. The van der Waals surface area contributed by atoms with Crippen molar-refractivity contribution < 1.29 is 4.74 Å². The third-order valence-corrected chi connectivity index (χ3v) is 4.95. The van der Waals surface area contributed by atoms with Gasteiger partial charge in [0.2, 0.25) is 0 Å². The lowest BCUT2D eigenvalue weighted by molar-refractivity contribution is 0.0697. The topological polar surface area (TPSA) is 24.5 Å². The van der Waals surface area contributed by atoms with Crippen LogP contribution in [0.25, 0.3) is 0 Å². The number of hydrogen-bond donors (Lipinski definition) is 1. The lowest BCUT2D eigenvalue weighted by Gasteiger charge is -2.44. The summed E-state index contributed by atoms with van der Waals surface area (Å²) >= 11 is 0. The van der Waals surface area contributed by atoms with Gasteiger partial charge in [0, 0.05) is 32.3 Å². The van der Waals surface area contributed by atoms with E-state index in [0.717, 1.165) is 25.6 Å². The summed E-state index contributed by atoms with van der Waals surface area (Å²) < 4.78 is 5.29. The molecule has 0 aliphatic heterocycles. The summed E-state index contributed by atoms with van der Waals surface area (Å²) in [5.41, 5.74) is 0.499. The van der Waals surface area contributed by atoms with Crippen LogP contribution in [0, 0.1) is 11.3 Å². The fourth-order valence-electron chi connectivity index (χ4n) is 3.60. The number of methoxy groups -OCH3 is 1. The quantitative estimate of drug-likeness (QED) is 0.704. The molecular weight excluding hydrogens is 260 g/mol. The minimum atomic E-state index is 0.499. The molecule has 3 heteroatoms. The van der Waals surface area contributed by atoms with E-state index in [1.54, 1.807) is 7.11 Å². The molecule has 0 aromatic heterocycles. The van der Waals surface area contributed by atoms with Gasteiger partial charge in [-0.05, 0) is 57.4 Å². The highest BCUT2D eigenvalue weighted by atomic mass is 16.5. The Labute approximate surface area is 132 Å². The van der Waals surface area contributed by atoms with E-state index in [0.29, 0.717) is 17.5 Å². The Hall–Kier alpha value is -0.120. The standard InChI is InChI=1S/C18H38N2O/c1-7-10-19-17-8-9-18(4,5)13-16(17)14-20(15(2)3)11-12-21-6/h15-17,19H,7-14H2,1-6H3. The lowest BCUT2D eigenvalue weighted by atomic mass is 9.69. The summed E-state index contributed by atoms with van der Waals surface area (Å²) in [4.78, 5) is 2.59. The second-order valence-electron chi connectivity index (χ2n) is 7.81. The summed E-state index contributed by atoms with van der Waals surface area (Å²) in [5, 5.41) is 3.80. The zero-order valence-corrected chi connectivity index (χ0v) is 15.2. The van der Waals surface area contributed by atoms with Crippen molar-refractivity contribution in [2.75, 3.05) is 33.4 Å². The van der Waals surface area contributed by atoms with Gasteiger partial charge in [-0.2, -0.15) is 0 Å². The number of ether oxygens (including phenoxy) is 1. The van der Waals surface area contributed by atoms with Crippen LogP contribution in [0.4, 0.5) is 0 Å². The zero-order valence-electron chi connectivity index (χ0n) is 15.2. The third kappa shape index (κ3) is 6.66. The van der Waals surface area contributed by atoms with E-state index in [-0.39, 0.29) is 0 Å². The van der Waals surface area contributed by atoms with Crippen molar-refractivity contribution in [3.05, 3.63) is 0 Å². The van der Waals surface area contributed by atoms with Gasteiger partial charge in [-0.25, -0.2) is 0 Å². The fraction of sp³-hybridized carbons (Fsp3) is 1.00. The smallest absolute Gasteiger partial charge is 0.0589 e. The van der Waals surface area contributed by atoms with Crippen LogP contribution in [0.2, 0.25) is 0 Å². The van der Waals surface area contributed by atoms with Crippen molar-refractivity contribution >= 4 is 0 Å². The molecule has 1 fully saturated rings. The molecular formula is C18H38N2O. The molecule has 1 aliphatic carbocycles. The van der Waals surface area contributed by atoms with Crippen molar-refractivity contribution in [2.24, 2.45) is 11.3 Å². The predicted octanol–water partition coefficient (Wildman–Crippen LogP) is 3.54. The average Bonchev–Trinajstić information content (AvgIpc) is 2.41. The molecule has 2 unspecified atom stereocenters. The molecule has 0 bridgehead atoms. The molecule has 1 saturated carbocycles. The SMILES string of the molecule is CCCNC1CCC(C)(C)CC1CN(CCOC)C(C)C. The van der Waals surface area contributed by atoms with E-state index in [2.05, 4.69) is 44.8 Å². The minimum Gasteiger partial charge on any atom is -0.383 e. The second kappa shape index (κ2) is 9.12. The molecule has 0 spiro atoms. The molecule has 1 aliphatic rings. The van der Waals surface area contributed by atoms with E-state index in [1.165, 1.54) is 32.2 Å². The molecule has 0 radical (unpaired) electrons. The Balaban J connectivity index is 2.65. The van der Waals surface area contributed by atoms with E-state index in [4.69, 9.17) is 4.74 Å². The van der Waals surface area contributed by atoms with Gasteiger partial charge in [-0.3, -0.25) is 4.90 Å². The van der Waals surface area contributed by atoms with Crippen molar-refractivity contribution in [3.8, 4) is 0 Å². The van der Waals surface area contributed by atoms with Gasteiger partial charge in [-0.15, -0.1) is 0 Å². The van der Waals surface area contributed by atoms with Gasteiger partial charge in [0.1, 0.15) is 0 Å². The average molecular weight is 299 g/mol. The molecule has 1 N–H and O–H groups in total. The van der Waals surface area contributed by atoms with E-state index in [9.17, 15) is 0 Å². The van der Waals surface area contributed by atoms with Crippen LogP contribution in [0.1, 0.15) is 60.3 Å². The molecule has 0 aromatic carbocycles. The summed E-state index contributed by atoms with van der Waals surface area (Å²) in [6, 6.07) is 1.29. The van der Waals surface area contributed by atoms with Crippen LogP contribution in [0.3, 0.4) is 0 Å². The van der Waals surface area contributed by atoms with E-state index < -0.39 is 0 Å². The highest BCUT2D eigenvalue weighted by Crippen LogP contribution is 2.39. The Morgan fingerprint density at radius 1 is 1.33 bits per heavy atom. The van der Waals surface area contributed by atoms with Crippen LogP contribution >= 0.6 is 0 Å². The molecule has 0 amide bonds. The Morgan fingerprint density at radius 3 is 2.62 bits per heavy atom. The first-order valence-corrected chi connectivity index (χ1v) is 8.86. The second-order valence-corrected chi connectivity index (χ2v) is 7.81. The van der Waals surface area contributed by atoms with Crippen LogP contribution in [-0.2, 0) is 4.74 Å². The first kappa shape index (κ1) is 18.9. The molecule has 126 valence electrons. The van der Waals surface area contributed by atoms with Crippen molar-refractivity contribution in [1.29, 1.82) is 0 Å². The molecule has 0 saturated heterocycles. The maximum atomic E-state index is 5.29. The zero-order chi connectivity index (χ0) is 15.9. The normalized spacial score (nSPS) is 25.7. The molecule has 2 atom stereocenters. The molecule has 0 heterocycles. The number of nitrogens with zero attached hydrogens (tertiary/aromatic N) is 1. The van der Waals surface area contributed by atoms with Gasteiger partial charge < -0.3 is 10.1 Å². The van der Waals surface area contributed by atoms with Crippen molar-refractivity contribution in [3.63, 3.8) is 0 Å². The van der Waals surface area contributed by atoms with Crippen LogP contribution in [0.5, 0.6) is 0 Å². The van der Waals surface area contributed by atoms with Gasteiger partial charge in [-0.1, -0.05) is 20.8 Å². The van der Waals surface area contributed by atoms with Crippen LogP contribution in [0.15, 0.2) is 0 Å². The molecule has 1 rings (SSSR count). The van der Waals surface area contributed by atoms with E-state index >= 15 is 0 Å². The monoisotopic (exact) mass is 298 g/mol. The maximum Gasteiger partial charge on any atom is 0.0589 e. The fourth-order valence-corrected chi connectivity index (χ4v) is 3.60. The van der Waals surface area contributed by atoms with Crippen LogP contribution in [-0.4, -0.2) is 50.3 Å². The Bertz CT molecular complexity index is 278. The summed E-state index contributed by atoms with van der Waals surface area (Å²) in [7, 11) is 1.80. The number of nitrogens with one attached hydrogen (secondary N) is 1. The number of rotatable bonds is 9. The Kier molecular flexibility index (Phi) is 8.22. The number of hydrogen-bond acceptors (Lipinski definition) is 3. The van der Waals surface area contributed by atoms with Crippen molar-refractivity contribution in [1.82, 2.24) is 10.2 Å².